The zero-order valence-electron chi connectivity index (χ0n) is 12.0. The van der Waals surface area contributed by atoms with Crippen molar-refractivity contribution < 1.29 is 4.79 Å². The fraction of sp³-hybridized carbons (Fsp3) is 0.933. The van der Waals surface area contributed by atoms with E-state index in [9.17, 15) is 4.79 Å². The van der Waals surface area contributed by atoms with Gasteiger partial charge in [-0.2, -0.15) is 0 Å². The highest BCUT2D eigenvalue weighted by atomic mass is 16.1. The Labute approximate surface area is 112 Å². The summed E-state index contributed by atoms with van der Waals surface area (Å²) < 4.78 is 0. The molecular weight excluding hydrogens is 224 g/mol. The first kappa shape index (κ1) is 14.0. The largest absolute Gasteiger partial charge is 0.303 e. The van der Waals surface area contributed by atoms with Crippen molar-refractivity contribution in [3.05, 3.63) is 0 Å². The van der Waals surface area contributed by atoms with Gasteiger partial charge in [0.2, 0.25) is 0 Å². The van der Waals surface area contributed by atoms with E-state index in [1.807, 2.05) is 0 Å². The van der Waals surface area contributed by atoms with Crippen molar-refractivity contribution in [2.24, 2.45) is 5.41 Å². The van der Waals surface area contributed by atoms with Crippen molar-refractivity contribution in [2.75, 3.05) is 32.7 Å². The first-order valence-electron chi connectivity index (χ1n) is 7.59. The van der Waals surface area contributed by atoms with Gasteiger partial charge in [0, 0.05) is 44.2 Å². The first-order chi connectivity index (χ1) is 8.67. The van der Waals surface area contributed by atoms with Gasteiger partial charge in [0.15, 0.2) is 0 Å². The van der Waals surface area contributed by atoms with Crippen molar-refractivity contribution in [1.29, 1.82) is 0 Å². The van der Waals surface area contributed by atoms with Crippen molar-refractivity contribution >= 4 is 6.29 Å². The summed E-state index contributed by atoms with van der Waals surface area (Å²) in [4.78, 5) is 16.3. The molecule has 0 N–H and O–H groups in total. The van der Waals surface area contributed by atoms with Crippen molar-refractivity contribution in [3.8, 4) is 0 Å². The average Bonchev–Trinajstić information content (AvgIpc) is 2.93. The number of aldehydes is 1. The van der Waals surface area contributed by atoms with Gasteiger partial charge in [-0.25, -0.2) is 0 Å². The summed E-state index contributed by atoms with van der Waals surface area (Å²) in [6.07, 6.45) is 7.74. The monoisotopic (exact) mass is 252 g/mol. The third-order valence-corrected chi connectivity index (χ3v) is 4.92. The lowest BCUT2D eigenvalue weighted by Crippen LogP contribution is -2.52. The number of rotatable bonds is 5. The Morgan fingerprint density at radius 1 is 1.17 bits per heavy atom. The quantitative estimate of drug-likeness (QED) is 0.701. The molecule has 1 unspecified atom stereocenters. The van der Waals surface area contributed by atoms with Gasteiger partial charge in [0.25, 0.3) is 0 Å². The van der Waals surface area contributed by atoms with Gasteiger partial charge in [-0.3, -0.25) is 9.80 Å². The molecule has 0 aromatic heterocycles. The van der Waals surface area contributed by atoms with Crippen LogP contribution in [0.15, 0.2) is 0 Å². The van der Waals surface area contributed by atoms with Crippen molar-refractivity contribution in [3.63, 3.8) is 0 Å². The molecule has 1 aliphatic heterocycles. The maximum Gasteiger partial charge on any atom is 0.127 e. The number of piperazine rings is 1. The lowest BCUT2D eigenvalue weighted by molar-refractivity contribution is -0.116. The summed E-state index contributed by atoms with van der Waals surface area (Å²) in [5, 5.41) is 0. The molecule has 0 aromatic rings. The Bertz CT molecular complexity index is 268. The van der Waals surface area contributed by atoms with Gasteiger partial charge >= 0.3 is 0 Å². The molecule has 3 heteroatoms. The molecule has 0 spiro atoms. The Morgan fingerprint density at radius 2 is 1.78 bits per heavy atom. The molecule has 0 aromatic carbocycles. The summed E-state index contributed by atoms with van der Waals surface area (Å²) in [5.41, 5.74) is -0.143. The average molecular weight is 252 g/mol. The van der Waals surface area contributed by atoms with Crippen LogP contribution in [-0.2, 0) is 4.79 Å². The van der Waals surface area contributed by atoms with E-state index in [0.29, 0.717) is 0 Å². The molecule has 0 radical (unpaired) electrons. The summed E-state index contributed by atoms with van der Waals surface area (Å²) >= 11 is 0. The summed E-state index contributed by atoms with van der Waals surface area (Å²) in [6.45, 7) is 9.81. The Hall–Kier alpha value is -0.410. The van der Waals surface area contributed by atoms with Gasteiger partial charge in [0.05, 0.1) is 0 Å². The van der Waals surface area contributed by atoms with Crippen molar-refractivity contribution in [1.82, 2.24) is 9.80 Å². The fourth-order valence-electron chi connectivity index (χ4n) is 3.30. The van der Waals surface area contributed by atoms with E-state index in [-0.39, 0.29) is 5.41 Å². The lowest BCUT2D eigenvalue weighted by Gasteiger charge is -2.40. The normalized spacial score (nSPS) is 27.2. The minimum Gasteiger partial charge on any atom is -0.303 e. The minimum absolute atomic E-state index is 0.143. The van der Waals surface area contributed by atoms with Gasteiger partial charge in [-0.05, 0) is 19.3 Å². The lowest BCUT2D eigenvalue weighted by atomic mass is 9.88. The minimum atomic E-state index is -0.143. The molecule has 1 heterocycles. The van der Waals surface area contributed by atoms with E-state index >= 15 is 0 Å². The van der Waals surface area contributed by atoms with E-state index in [1.54, 1.807) is 0 Å². The molecule has 1 saturated heterocycles. The first-order valence-corrected chi connectivity index (χ1v) is 7.59. The predicted octanol–water partition coefficient (Wildman–Crippen LogP) is 2.16. The smallest absolute Gasteiger partial charge is 0.127 e. The molecule has 0 amide bonds. The van der Waals surface area contributed by atoms with E-state index in [1.165, 1.54) is 38.8 Å². The second-order valence-electron chi connectivity index (χ2n) is 6.38. The number of hydrogen-bond donors (Lipinski definition) is 0. The Morgan fingerprint density at radius 3 is 2.28 bits per heavy atom. The molecule has 0 bridgehead atoms. The molecule has 2 rings (SSSR count). The van der Waals surface area contributed by atoms with Crippen LogP contribution in [0.25, 0.3) is 0 Å². The standard InChI is InChI=1S/C15H28N2O/c1-3-15(2,13-18)12-16-8-10-17(11-9-16)14-6-4-5-7-14/h13-14H,3-12H2,1-2H3. The molecule has 3 nitrogen and oxygen atoms in total. The highest BCUT2D eigenvalue weighted by Gasteiger charge is 2.29. The number of nitrogens with zero attached hydrogens (tertiary/aromatic N) is 2. The van der Waals surface area contributed by atoms with Gasteiger partial charge in [0.1, 0.15) is 6.29 Å². The van der Waals surface area contributed by atoms with Crippen LogP contribution in [0.2, 0.25) is 0 Å². The SMILES string of the molecule is CCC(C)(C=O)CN1CCN(C2CCCC2)CC1. The van der Waals surface area contributed by atoms with E-state index in [2.05, 4.69) is 23.6 Å². The van der Waals surface area contributed by atoms with Crippen LogP contribution in [0, 0.1) is 5.41 Å². The molecule has 2 aliphatic rings. The van der Waals surface area contributed by atoms with Crippen LogP contribution in [0.3, 0.4) is 0 Å². The molecule has 2 fully saturated rings. The van der Waals surface area contributed by atoms with Crippen LogP contribution in [0.1, 0.15) is 46.0 Å². The van der Waals surface area contributed by atoms with Crippen LogP contribution in [0.4, 0.5) is 0 Å². The number of hydrogen-bond acceptors (Lipinski definition) is 3. The molecule has 18 heavy (non-hydrogen) atoms. The Kier molecular flexibility index (Phi) is 4.79. The molecular formula is C15H28N2O. The maximum absolute atomic E-state index is 11.2. The summed E-state index contributed by atoms with van der Waals surface area (Å²) in [7, 11) is 0. The second-order valence-corrected chi connectivity index (χ2v) is 6.38. The number of carbonyl (C=O) groups is 1. The molecule has 104 valence electrons. The molecule has 1 atom stereocenters. The summed E-state index contributed by atoms with van der Waals surface area (Å²) in [6, 6.07) is 0.857. The third kappa shape index (κ3) is 3.33. The van der Waals surface area contributed by atoms with Crippen LogP contribution < -0.4 is 0 Å². The van der Waals surface area contributed by atoms with Crippen LogP contribution in [0.5, 0.6) is 0 Å². The van der Waals surface area contributed by atoms with E-state index in [4.69, 9.17) is 0 Å². The zero-order chi connectivity index (χ0) is 13.0. The fourth-order valence-corrected chi connectivity index (χ4v) is 3.30. The maximum atomic E-state index is 11.2. The Balaban J connectivity index is 1.77. The van der Waals surface area contributed by atoms with E-state index in [0.717, 1.165) is 38.4 Å². The van der Waals surface area contributed by atoms with Crippen LogP contribution in [-0.4, -0.2) is 54.9 Å². The van der Waals surface area contributed by atoms with Crippen molar-refractivity contribution in [2.45, 2.75) is 52.0 Å². The zero-order valence-corrected chi connectivity index (χ0v) is 12.0. The topological polar surface area (TPSA) is 23.6 Å². The van der Waals surface area contributed by atoms with E-state index < -0.39 is 0 Å². The molecule has 1 saturated carbocycles. The third-order valence-electron chi connectivity index (χ3n) is 4.92. The highest BCUT2D eigenvalue weighted by Crippen LogP contribution is 2.25. The second kappa shape index (κ2) is 6.16. The number of carbonyl (C=O) groups excluding carboxylic acids is 1. The molecule has 1 aliphatic carbocycles. The van der Waals surface area contributed by atoms with Crippen LogP contribution >= 0.6 is 0 Å². The van der Waals surface area contributed by atoms with Gasteiger partial charge < -0.3 is 4.79 Å². The predicted molar refractivity (Wildman–Crippen MR) is 74.7 cm³/mol. The summed E-state index contributed by atoms with van der Waals surface area (Å²) in [5.74, 6) is 0. The van der Waals surface area contributed by atoms with Gasteiger partial charge in [-0.15, -0.1) is 0 Å². The highest BCUT2D eigenvalue weighted by molar-refractivity contribution is 5.58. The van der Waals surface area contributed by atoms with Gasteiger partial charge in [-0.1, -0.05) is 26.7 Å².